The van der Waals surface area contributed by atoms with Gasteiger partial charge in [-0.25, -0.2) is 0 Å². The Balaban J connectivity index is 1.99. The smallest absolute Gasteiger partial charge is 0.342 e. The molecule has 1 aliphatic carbocycles. The summed E-state index contributed by atoms with van der Waals surface area (Å²) in [6, 6.07) is 4.89. The average molecular weight is 347 g/mol. The number of alkyl halides is 3. The lowest BCUT2D eigenvalue weighted by Gasteiger charge is -2.24. The molecule has 0 bridgehead atoms. The van der Waals surface area contributed by atoms with Crippen molar-refractivity contribution < 1.29 is 22.2 Å². The van der Waals surface area contributed by atoms with E-state index in [9.17, 15) is 22.2 Å². The van der Waals surface area contributed by atoms with Crippen molar-refractivity contribution in [2.45, 2.75) is 31.5 Å². The van der Waals surface area contributed by atoms with Crippen LogP contribution in [-0.4, -0.2) is 40.1 Å². The molecular weight excluding hydrogens is 327 g/mol. The van der Waals surface area contributed by atoms with Gasteiger partial charge in [-0.3, -0.25) is 9.00 Å². The van der Waals surface area contributed by atoms with Gasteiger partial charge in [0.15, 0.2) is 0 Å². The lowest BCUT2D eigenvalue weighted by molar-refractivity contribution is -0.137. The molecule has 0 unspecified atom stereocenters. The molecule has 0 N–H and O–H groups in total. The molecule has 0 spiro atoms. The number of carbonyl (C=O) groups is 1. The minimum atomic E-state index is -4.34. The lowest BCUT2D eigenvalue weighted by atomic mass is 10.1. The van der Waals surface area contributed by atoms with Crippen molar-refractivity contribution in [3.05, 3.63) is 35.4 Å². The van der Waals surface area contributed by atoms with Gasteiger partial charge in [-0.1, -0.05) is 12.1 Å². The topological polar surface area (TPSA) is 37.4 Å². The van der Waals surface area contributed by atoms with Crippen molar-refractivity contribution in [2.24, 2.45) is 5.92 Å². The third kappa shape index (κ3) is 4.34. The van der Waals surface area contributed by atoms with Gasteiger partial charge in [0.25, 0.3) is 0 Å². The van der Waals surface area contributed by atoms with Crippen LogP contribution in [0.15, 0.2) is 24.3 Å². The van der Waals surface area contributed by atoms with Crippen LogP contribution in [0.3, 0.4) is 0 Å². The van der Waals surface area contributed by atoms with Crippen LogP contribution in [0.1, 0.15) is 30.4 Å². The van der Waals surface area contributed by atoms with Crippen LogP contribution >= 0.6 is 0 Å². The second-order valence-electron chi connectivity index (χ2n) is 6.11. The van der Waals surface area contributed by atoms with E-state index in [2.05, 4.69) is 0 Å². The fourth-order valence-electron chi connectivity index (χ4n) is 2.69. The summed E-state index contributed by atoms with van der Waals surface area (Å²) in [6.07, 6.45) is -2.10. The highest BCUT2D eigenvalue weighted by molar-refractivity contribution is 7.84. The predicted octanol–water partition coefficient (Wildman–Crippen LogP) is 3.03. The number of amides is 1. The molecule has 7 heteroatoms. The van der Waals surface area contributed by atoms with Gasteiger partial charge < -0.3 is 4.90 Å². The molecule has 128 valence electrons. The maximum absolute atomic E-state index is 12.6. The van der Waals surface area contributed by atoms with E-state index in [1.54, 1.807) is 18.2 Å². The number of nitrogens with zero attached hydrogens (tertiary/aromatic N) is 1. The largest absolute Gasteiger partial charge is 0.416 e. The Kier molecular flexibility index (Phi) is 5.18. The normalized spacial score (nSPS) is 23.2. The van der Waals surface area contributed by atoms with Gasteiger partial charge in [0.1, 0.15) is 0 Å². The van der Waals surface area contributed by atoms with E-state index in [0.29, 0.717) is 12.2 Å². The highest BCUT2D eigenvalue weighted by atomic mass is 32.2. The molecule has 1 fully saturated rings. The molecule has 1 aromatic rings. The number of benzene rings is 1. The quantitative estimate of drug-likeness (QED) is 0.821. The van der Waals surface area contributed by atoms with E-state index < -0.39 is 22.5 Å². The highest BCUT2D eigenvalue weighted by Crippen LogP contribution is 2.48. The fraction of sp³-hybridized carbons (Fsp3) is 0.562. The van der Waals surface area contributed by atoms with Crippen molar-refractivity contribution in [1.82, 2.24) is 4.90 Å². The molecule has 0 radical (unpaired) electrons. The van der Waals surface area contributed by atoms with Crippen molar-refractivity contribution in [1.29, 1.82) is 0 Å². The van der Waals surface area contributed by atoms with Crippen molar-refractivity contribution in [2.75, 3.05) is 19.1 Å². The van der Waals surface area contributed by atoms with Gasteiger partial charge in [-0.05, 0) is 37.0 Å². The summed E-state index contributed by atoms with van der Waals surface area (Å²) in [6.45, 7) is 1.84. The first-order chi connectivity index (χ1) is 10.6. The molecule has 0 saturated heterocycles. The highest BCUT2D eigenvalue weighted by Gasteiger charge is 2.46. The van der Waals surface area contributed by atoms with Gasteiger partial charge in [0.2, 0.25) is 5.91 Å². The van der Waals surface area contributed by atoms with E-state index in [1.165, 1.54) is 12.1 Å². The maximum Gasteiger partial charge on any atom is 0.416 e. The summed E-state index contributed by atoms with van der Waals surface area (Å²) in [4.78, 5) is 14.0. The second-order valence-corrected chi connectivity index (χ2v) is 7.59. The van der Waals surface area contributed by atoms with Crippen molar-refractivity contribution >= 4 is 16.7 Å². The second kappa shape index (κ2) is 6.63. The maximum atomic E-state index is 12.6. The third-order valence-electron chi connectivity index (χ3n) is 4.26. The standard InChI is InChI=1S/C16H20F3NO2S/c1-10(9-23(3)22)20(2)15(21)14-8-13(14)11-4-6-12(7-5-11)16(17,18)19/h4-7,10,13-14H,8-9H2,1-3H3/t10-,13+,14-,23+/m1/s1. The molecule has 3 nitrogen and oxygen atoms in total. The molecule has 1 amide bonds. The summed E-state index contributed by atoms with van der Waals surface area (Å²) in [5.74, 6) is 0.170. The van der Waals surface area contributed by atoms with Crippen LogP contribution in [0.4, 0.5) is 13.2 Å². The van der Waals surface area contributed by atoms with Gasteiger partial charge in [0.05, 0.1) is 5.56 Å². The Labute approximate surface area is 136 Å². The minimum absolute atomic E-state index is 0.0217. The van der Waals surface area contributed by atoms with E-state index in [4.69, 9.17) is 0 Å². The lowest BCUT2D eigenvalue weighted by Crippen LogP contribution is -2.39. The van der Waals surface area contributed by atoms with Crippen LogP contribution in [-0.2, 0) is 21.8 Å². The Morgan fingerprint density at radius 2 is 1.91 bits per heavy atom. The van der Waals surface area contributed by atoms with Crippen molar-refractivity contribution in [3.8, 4) is 0 Å². The Morgan fingerprint density at radius 3 is 2.39 bits per heavy atom. The van der Waals surface area contributed by atoms with Crippen LogP contribution in [0.2, 0.25) is 0 Å². The van der Waals surface area contributed by atoms with Crippen molar-refractivity contribution in [3.63, 3.8) is 0 Å². The summed E-state index contributed by atoms with van der Waals surface area (Å²) in [5, 5.41) is 0. The predicted molar refractivity (Wildman–Crippen MR) is 83.5 cm³/mol. The molecular formula is C16H20F3NO2S. The molecule has 1 aromatic carbocycles. The third-order valence-corrected chi connectivity index (χ3v) is 5.21. The Hall–Kier alpha value is -1.37. The zero-order valence-electron chi connectivity index (χ0n) is 13.3. The zero-order valence-corrected chi connectivity index (χ0v) is 14.1. The molecule has 2 rings (SSSR count). The number of hydrogen-bond acceptors (Lipinski definition) is 2. The minimum Gasteiger partial charge on any atom is -0.342 e. The average Bonchev–Trinajstić information content (AvgIpc) is 3.24. The number of halogens is 3. The van der Waals surface area contributed by atoms with Gasteiger partial charge >= 0.3 is 6.18 Å². The number of hydrogen-bond donors (Lipinski definition) is 0. The van der Waals surface area contributed by atoms with Crippen LogP contribution in [0.5, 0.6) is 0 Å². The Bertz CT molecular complexity index is 600. The van der Waals surface area contributed by atoms with E-state index >= 15 is 0 Å². The molecule has 0 aliphatic heterocycles. The number of carbonyl (C=O) groups excluding carboxylic acids is 1. The van der Waals surface area contributed by atoms with Gasteiger partial charge in [0, 0.05) is 41.8 Å². The van der Waals surface area contributed by atoms with E-state index in [1.807, 2.05) is 6.92 Å². The summed E-state index contributed by atoms with van der Waals surface area (Å²) in [7, 11) is 0.701. The summed E-state index contributed by atoms with van der Waals surface area (Å²) in [5.41, 5.74) is 0.0809. The first kappa shape index (κ1) is 18.0. The summed E-state index contributed by atoms with van der Waals surface area (Å²) >= 11 is 0. The first-order valence-electron chi connectivity index (χ1n) is 7.35. The van der Waals surface area contributed by atoms with Crippen LogP contribution < -0.4 is 0 Å². The van der Waals surface area contributed by atoms with Crippen LogP contribution in [0.25, 0.3) is 0 Å². The van der Waals surface area contributed by atoms with Crippen LogP contribution in [0, 0.1) is 5.92 Å². The molecule has 0 aromatic heterocycles. The molecule has 0 heterocycles. The van der Waals surface area contributed by atoms with Gasteiger partial charge in [-0.2, -0.15) is 13.2 Å². The molecule has 1 saturated carbocycles. The monoisotopic (exact) mass is 347 g/mol. The fourth-order valence-corrected chi connectivity index (χ4v) is 3.59. The molecule has 23 heavy (non-hydrogen) atoms. The Morgan fingerprint density at radius 1 is 1.35 bits per heavy atom. The van der Waals surface area contributed by atoms with Gasteiger partial charge in [-0.15, -0.1) is 0 Å². The molecule has 1 aliphatic rings. The SMILES string of the molecule is C[C@H](C[S@](C)=O)N(C)C(=O)[C@@H]1C[C@H]1c1ccc(C(F)(F)F)cc1. The number of rotatable bonds is 5. The zero-order chi connectivity index (χ0) is 17.4. The summed E-state index contributed by atoms with van der Waals surface area (Å²) < 4.78 is 48.9. The first-order valence-corrected chi connectivity index (χ1v) is 9.08. The van der Waals surface area contributed by atoms with E-state index in [-0.39, 0.29) is 23.8 Å². The van der Waals surface area contributed by atoms with E-state index in [0.717, 1.165) is 17.7 Å². The molecule has 4 atom stereocenters.